The van der Waals surface area contributed by atoms with E-state index in [1.165, 1.54) is 16.1 Å². The van der Waals surface area contributed by atoms with E-state index in [4.69, 9.17) is 11.6 Å². The highest BCUT2D eigenvalue weighted by Gasteiger charge is 2.11. The van der Waals surface area contributed by atoms with Gasteiger partial charge < -0.3 is 4.90 Å². The maximum Gasteiger partial charge on any atom is 0.0522 e. The van der Waals surface area contributed by atoms with Gasteiger partial charge in [-0.3, -0.25) is 0 Å². The van der Waals surface area contributed by atoms with Crippen LogP contribution in [-0.4, -0.2) is 6.54 Å². The van der Waals surface area contributed by atoms with Gasteiger partial charge in [0.25, 0.3) is 0 Å². The first-order chi connectivity index (χ1) is 8.74. The van der Waals surface area contributed by atoms with Gasteiger partial charge in [0.15, 0.2) is 0 Å². The van der Waals surface area contributed by atoms with Crippen LogP contribution in [-0.2, 0) is 12.4 Å². The molecule has 0 N–H and O–H groups in total. The molecule has 1 nitrogen and oxygen atoms in total. The Labute approximate surface area is 126 Å². The molecule has 0 radical (unpaired) electrons. The van der Waals surface area contributed by atoms with E-state index < -0.39 is 0 Å². The van der Waals surface area contributed by atoms with Gasteiger partial charge >= 0.3 is 0 Å². The summed E-state index contributed by atoms with van der Waals surface area (Å²) in [6, 6.07) is 10.5. The molecule has 0 amide bonds. The van der Waals surface area contributed by atoms with E-state index in [0.29, 0.717) is 5.88 Å². The maximum atomic E-state index is 6.03. The van der Waals surface area contributed by atoms with Crippen LogP contribution >= 0.6 is 38.9 Å². The number of anilines is 1. The molecule has 0 unspecified atom stereocenters. The van der Waals surface area contributed by atoms with Crippen LogP contribution in [0, 0.1) is 0 Å². The Morgan fingerprint density at radius 2 is 2.17 bits per heavy atom. The summed E-state index contributed by atoms with van der Waals surface area (Å²) >= 11 is 11.4. The third kappa shape index (κ3) is 3.28. The van der Waals surface area contributed by atoms with Crippen molar-refractivity contribution >= 4 is 44.6 Å². The van der Waals surface area contributed by atoms with Crippen molar-refractivity contribution in [1.82, 2.24) is 0 Å². The number of rotatable bonds is 5. The fourth-order valence-corrected chi connectivity index (χ4v) is 3.20. The Bertz CT molecular complexity index is 499. The van der Waals surface area contributed by atoms with Crippen LogP contribution in [0.2, 0.25) is 0 Å². The predicted octanol–water partition coefficient (Wildman–Crippen LogP) is 5.28. The summed E-state index contributed by atoms with van der Waals surface area (Å²) in [5.41, 5.74) is 2.40. The van der Waals surface area contributed by atoms with E-state index in [1.54, 1.807) is 11.3 Å². The average molecular weight is 345 g/mol. The van der Waals surface area contributed by atoms with E-state index in [0.717, 1.165) is 17.6 Å². The number of hydrogen-bond acceptors (Lipinski definition) is 2. The highest BCUT2D eigenvalue weighted by Crippen LogP contribution is 2.28. The zero-order valence-electron chi connectivity index (χ0n) is 10.2. The standard InChI is InChI=1S/C14H15BrClNS/c1-2-17(10-13-4-3-7-18-13)14-8-12(15)6-5-11(14)9-16/h3-8H,2,9-10H2,1H3. The minimum absolute atomic E-state index is 0.545. The zero-order valence-corrected chi connectivity index (χ0v) is 13.4. The van der Waals surface area contributed by atoms with Crippen molar-refractivity contribution in [1.29, 1.82) is 0 Å². The Balaban J connectivity index is 2.28. The molecule has 0 saturated carbocycles. The molecular weight excluding hydrogens is 330 g/mol. The fraction of sp³-hybridized carbons (Fsp3) is 0.286. The molecule has 0 spiro atoms. The van der Waals surface area contributed by atoms with Crippen LogP contribution in [0.25, 0.3) is 0 Å². The monoisotopic (exact) mass is 343 g/mol. The molecule has 0 aliphatic carbocycles. The van der Waals surface area contributed by atoms with Crippen LogP contribution in [0.4, 0.5) is 5.69 Å². The second-order valence-corrected chi connectivity index (χ2v) is 6.22. The lowest BCUT2D eigenvalue weighted by atomic mass is 10.1. The Kier molecular flexibility index (Phi) is 5.10. The third-order valence-electron chi connectivity index (χ3n) is 2.84. The van der Waals surface area contributed by atoms with Crippen LogP contribution in [0.1, 0.15) is 17.4 Å². The number of nitrogens with zero attached hydrogens (tertiary/aromatic N) is 1. The fourth-order valence-electron chi connectivity index (χ4n) is 1.90. The molecule has 96 valence electrons. The molecule has 0 fully saturated rings. The van der Waals surface area contributed by atoms with Crippen LogP contribution in [0.5, 0.6) is 0 Å². The number of benzene rings is 1. The molecule has 2 aromatic rings. The minimum Gasteiger partial charge on any atom is -0.366 e. The quantitative estimate of drug-likeness (QED) is 0.667. The van der Waals surface area contributed by atoms with E-state index in [2.05, 4.69) is 57.4 Å². The molecule has 18 heavy (non-hydrogen) atoms. The summed E-state index contributed by atoms with van der Waals surface area (Å²) < 4.78 is 1.09. The Hall–Kier alpha value is -0.510. The van der Waals surface area contributed by atoms with Crippen molar-refractivity contribution in [2.45, 2.75) is 19.3 Å². The first-order valence-corrected chi connectivity index (χ1v) is 8.07. The lowest BCUT2D eigenvalue weighted by molar-refractivity contribution is 0.837. The van der Waals surface area contributed by atoms with Crippen molar-refractivity contribution in [2.75, 3.05) is 11.4 Å². The van der Waals surface area contributed by atoms with E-state index in [-0.39, 0.29) is 0 Å². The number of halogens is 2. The number of alkyl halides is 1. The predicted molar refractivity (Wildman–Crippen MR) is 84.7 cm³/mol. The second-order valence-electron chi connectivity index (χ2n) is 4.00. The van der Waals surface area contributed by atoms with Gasteiger partial charge in [-0.25, -0.2) is 0 Å². The second kappa shape index (κ2) is 6.60. The molecule has 4 heteroatoms. The van der Waals surface area contributed by atoms with Gasteiger partial charge in [0, 0.05) is 27.5 Å². The van der Waals surface area contributed by atoms with Gasteiger partial charge in [0.05, 0.1) is 6.54 Å². The topological polar surface area (TPSA) is 3.24 Å². The average Bonchev–Trinajstić information content (AvgIpc) is 2.88. The third-order valence-corrected chi connectivity index (χ3v) is 4.48. The van der Waals surface area contributed by atoms with Crippen molar-refractivity contribution < 1.29 is 0 Å². The Morgan fingerprint density at radius 3 is 2.78 bits per heavy atom. The van der Waals surface area contributed by atoms with Crippen molar-refractivity contribution in [3.8, 4) is 0 Å². The first-order valence-electron chi connectivity index (χ1n) is 5.86. The summed E-state index contributed by atoms with van der Waals surface area (Å²) in [7, 11) is 0. The van der Waals surface area contributed by atoms with E-state index in [9.17, 15) is 0 Å². The molecule has 0 atom stereocenters. The molecule has 1 heterocycles. The lowest BCUT2D eigenvalue weighted by Gasteiger charge is -2.25. The van der Waals surface area contributed by atoms with Gasteiger partial charge in [-0.2, -0.15) is 0 Å². The lowest BCUT2D eigenvalue weighted by Crippen LogP contribution is -2.22. The molecule has 1 aromatic carbocycles. The maximum absolute atomic E-state index is 6.03. The first kappa shape index (κ1) is 13.9. The van der Waals surface area contributed by atoms with Crippen molar-refractivity contribution in [3.63, 3.8) is 0 Å². The van der Waals surface area contributed by atoms with Gasteiger partial charge in [-0.05, 0) is 36.1 Å². The summed E-state index contributed by atoms with van der Waals surface area (Å²) in [5.74, 6) is 0.545. The van der Waals surface area contributed by atoms with Crippen molar-refractivity contribution in [2.24, 2.45) is 0 Å². The van der Waals surface area contributed by atoms with Crippen LogP contribution < -0.4 is 4.90 Å². The smallest absolute Gasteiger partial charge is 0.0522 e. The van der Waals surface area contributed by atoms with Gasteiger partial charge in [0.1, 0.15) is 0 Å². The van der Waals surface area contributed by atoms with Gasteiger partial charge in [-0.1, -0.05) is 28.1 Å². The van der Waals surface area contributed by atoms with E-state index in [1.807, 2.05) is 6.07 Å². The van der Waals surface area contributed by atoms with Crippen LogP contribution in [0.3, 0.4) is 0 Å². The molecule has 0 aliphatic rings. The molecule has 0 bridgehead atoms. The molecule has 0 saturated heterocycles. The molecule has 2 rings (SSSR count). The van der Waals surface area contributed by atoms with E-state index >= 15 is 0 Å². The number of hydrogen-bond donors (Lipinski definition) is 0. The minimum atomic E-state index is 0.545. The van der Waals surface area contributed by atoms with Gasteiger partial charge in [-0.15, -0.1) is 22.9 Å². The SMILES string of the molecule is CCN(Cc1cccs1)c1cc(Br)ccc1CCl. The highest BCUT2D eigenvalue weighted by atomic mass is 79.9. The number of thiophene rings is 1. The summed E-state index contributed by atoms with van der Waals surface area (Å²) in [6.45, 7) is 4.08. The molecule has 1 aromatic heterocycles. The normalized spacial score (nSPS) is 10.6. The summed E-state index contributed by atoms with van der Waals surface area (Å²) in [5, 5.41) is 2.12. The van der Waals surface area contributed by atoms with Gasteiger partial charge in [0.2, 0.25) is 0 Å². The van der Waals surface area contributed by atoms with Crippen molar-refractivity contribution in [3.05, 3.63) is 50.6 Å². The largest absolute Gasteiger partial charge is 0.366 e. The Morgan fingerprint density at radius 1 is 1.33 bits per heavy atom. The highest BCUT2D eigenvalue weighted by molar-refractivity contribution is 9.10. The summed E-state index contributed by atoms with van der Waals surface area (Å²) in [4.78, 5) is 3.73. The molecular formula is C14H15BrClNS. The molecule has 0 aliphatic heterocycles. The zero-order chi connectivity index (χ0) is 13.0. The summed E-state index contributed by atoms with van der Waals surface area (Å²) in [6.07, 6.45) is 0. The van der Waals surface area contributed by atoms with Crippen LogP contribution in [0.15, 0.2) is 40.2 Å².